The average molecular weight is 813 g/mol. The molecule has 0 aliphatic carbocycles. The number of carbonyl (C=O) groups excluding carboxylic acids is 1. The lowest BCUT2D eigenvalue weighted by atomic mass is 9.99. The molecule has 56 heavy (non-hydrogen) atoms. The van der Waals surface area contributed by atoms with Crippen LogP contribution in [0.4, 0.5) is 17.1 Å². The second kappa shape index (κ2) is 18.8. The number of nitro benzene ring substituents is 1. The number of piperazine rings is 1. The van der Waals surface area contributed by atoms with Crippen LogP contribution >= 0.6 is 23.4 Å². The lowest BCUT2D eigenvalue weighted by molar-refractivity contribution is -0.383. The van der Waals surface area contributed by atoms with Crippen molar-refractivity contribution in [2.45, 2.75) is 34.6 Å². The summed E-state index contributed by atoms with van der Waals surface area (Å²) >= 11 is 8.32. The number of halogens is 1. The van der Waals surface area contributed by atoms with Crippen LogP contribution in [-0.2, 0) is 16.6 Å². The number of hydrogen-bond donors (Lipinski definition) is 2. The van der Waals surface area contributed by atoms with Gasteiger partial charge in [-0.15, -0.1) is 11.8 Å². The average Bonchev–Trinajstić information content (AvgIpc) is 3.19. The van der Waals surface area contributed by atoms with Crippen molar-refractivity contribution in [1.29, 1.82) is 0 Å². The molecule has 0 aromatic heterocycles. The van der Waals surface area contributed by atoms with Crippen molar-refractivity contribution in [1.82, 2.24) is 14.5 Å². The molecule has 11 nitrogen and oxygen atoms in total. The summed E-state index contributed by atoms with van der Waals surface area (Å²) in [4.78, 5) is 32.5. The molecule has 1 saturated heterocycles. The number of nitrogens with zero attached hydrogens (tertiary/aromatic N) is 4. The van der Waals surface area contributed by atoms with Gasteiger partial charge in [-0.25, -0.2) is 13.1 Å². The van der Waals surface area contributed by atoms with Gasteiger partial charge in [0.1, 0.15) is 16.3 Å². The van der Waals surface area contributed by atoms with Crippen LogP contribution < -0.4 is 14.9 Å². The highest BCUT2D eigenvalue weighted by molar-refractivity contribution is 8.00. The first-order chi connectivity index (χ1) is 27.0. The lowest BCUT2D eigenvalue weighted by Crippen LogP contribution is -2.47. The zero-order chi connectivity index (χ0) is 39.7. The van der Waals surface area contributed by atoms with Gasteiger partial charge in [-0.3, -0.25) is 19.8 Å². The first-order valence-electron chi connectivity index (χ1n) is 18.4. The Morgan fingerprint density at radius 1 is 0.875 bits per heavy atom. The van der Waals surface area contributed by atoms with Crippen LogP contribution in [0.25, 0.3) is 11.1 Å². The molecular weight excluding hydrogens is 768 g/mol. The van der Waals surface area contributed by atoms with Crippen molar-refractivity contribution in [3.8, 4) is 11.1 Å². The van der Waals surface area contributed by atoms with Crippen molar-refractivity contribution in [2.24, 2.45) is 0 Å². The van der Waals surface area contributed by atoms with E-state index >= 15 is 0 Å². The lowest BCUT2D eigenvalue weighted by Gasteiger charge is -2.37. The quantitative estimate of drug-likeness (QED) is 0.0436. The van der Waals surface area contributed by atoms with Gasteiger partial charge in [-0.1, -0.05) is 90.5 Å². The molecule has 1 heterocycles. The van der Waals surface area contributed by atoms with Crippen molar-refractivity contribution in [2.75, 3.05) is 57.0 Å². The number of rotatable bonds is 16. The Labute approximate surface area is 337 Å². The number of benzene rings is 5. The summed E-state index contributed by atoms with van der Waals surface area (Å²) in [5, 5.41) is 17.0. The minimum Gasteiger partial charge on any atom is -0.367 e. The maximum atomic E-state index is 14.1. The Kier molecular flexibility index (Phi) is 13.7. The molecule has 0 bridgehead atoms. The van der Waals surface area contributed by atoms with Crippen molar-refractivity contribution in [3.63, 3.8) is 0 Å². The molecule has 6 rings (SSSR count). The Morgan fingerprint density at radius 2 is 1.52 bits per heavy atom. The predicted octanol–water partition coefficient (Wildman–Crippen LogP) is 8.23. The first kappa shape index (κ1) is 40.7. The van der Waals surface area contributed by atoms with Crippen molar-refractivity contribution in [3.05, 3.63) is 148 Å². The van der Waals surface area contributed by atoms with Gasteiger partial charge in [-0.05, 0) is 92.6 Å². The second-order valence-electron chi connectivity index (χ2n) is 13.8. The van der Waals surface area contributed by atoms with Crippen molar-refractivity contribution < 1.29 is 18.1 Å². The highest BCUT2D eigenvalue weighted by Gasteiger charge is 2.36. The molecule has 2 N–H and O–H groups in total. The van der Waals surface area contributed by atoms with Crippen LogP contribution in [0.5, 0.6) is 0 Å². The molecule has 1 aliphatic heterocycles. The van der Waals surface area contributed by atoms with Gasteiger partial charge in [0.15, 0.2) is 0 Å². The third kappa shape index (κ3) is 10.3. The van der Waals surface area contributed by atoms with Gasteiger partial charge in [0.25, 0.3) is 15.9 Å². The number of sulfonamides is 1. The largest absolute Gasteiger partial charge is 0.367 e. The van der Waals surface area contributed by atoms with Crippen LogP contribution in [0.1, 0.15) is 28.8 Å². The third-order valence-corrected chi connectivity index (χ3v) is 12.4. The number of nitro groups is 1. The van der Waals surface area contributed by atoms with E-state index in [2.05, 4.69) is 19.8 Å². The van der Waals surface area contributed by atoms with Gasteiger partial charge in [0, 0.05) is 48.2 Å². The molecular formula is C42H45ClN6O5S2. The summed E-state index contributed by atoms with van der Waals surface area (Å²) in [6.07, 6.45) is 1.51. The van der Waals surface area contributed by atoms with E-state index in [0.29, 0.717) is 31.1 Å². The topological polar surface area (TPSA) is 128 Å². The van der Waals surface area contributed by atoms with Crippen LogP contribution in [0.15, 0.2) is 131 Å². The molecule has 292 valence electrons. The van der Waals surface area contributed by atoms with Gasteiger partial charge < -0.3 is 15.1 Å². The molecule has 14 heteroatoms. The third-order valence-electron chi connectivity index (χ3n) is 9.53. The zero-order valence-corrected chi connectivity index (χ0v) is 33.7. The van der Waals surface area contributed by atoms with Gasteiger partial charge >= 0.3 is 5.69 Å². The van der Waals surface area contributed by atoms with Gasteiger partial charge in [0.2, 0.25) is 0 Å². The first-order valence-corrected chi connectivity index (χ1v) is 21.1. The maximum absolute atomic E-state index is 14.1. The molecule has 0 unspecified atom stereocenters. The second-order valence-corrected chi connectivity index (χ2v) is 17.1. The van der Waals surface area contributed by atoms with Gasteiger partial charge in [-0.2, -0.15) is 0 Å². The molecule has 1 atom stereocenters. The Morgan fingerprint density at radius 3 is 2.16 bits per heavy atom. The number of carbonyl (C=O) groups is 1. The Hall–Kier alpha value is -4.92. The predicted molar refractivity (Wildman–Crippen MR) is 226 cm³/mol. The monoisotopic (exact) mass is 812 g/mol. The number of hydrogen-bond acceptors (Lipinski definition) is 10. The smallest absolute Gasteiger partial charge is 0.316 e. The molecule has 5 aromatic carbocycles. The molecule has 1 fully saturated rings. The maximum Gasteiger partial charge on any atom is 0.316 e. The Bertz CT molecular complexity index is 2220. The van der Waals surface area contributed by atoms with E-state index in [1.54, 1.807) is 34.9 Å². The Balaban J connectivity index is 1.34. The molecule has 0 saturated carbocycles. The number of amides is 1. The van der Waals surface area contributed by atoms with Gasteiger partial charge in [0.05, 0.1) is 10.3 Å². The zero-order valence-electron chi connectivity index (χ0n) is 31.3. The molecule has 1 amide bonds. The number of anilines is 2. The summed E-state index contributed by atoms with van der Waals surface area (Å²) < 4.78 is 30.4. The highest BCUT2D eigenvalue weighted by atomic mass is 35.5. The van der Waals surface area contributed by atoms with E-state index < -0.39 is 20.9 Å². The summed E-state index contributed by atoms with van der Waals surface area (Å²) in [6.45, 7) is 2.88. The molecule has 5 aromatic rings. The van der Waals surface area contributed by atoms with E-state index in [0.717, 1.165) is 34.6 Å². The molecule has 0 spiro atoms. The van der Waals surface area contributed by atoms with Crippen LogP contribution in [0.3, 0.4) is 0 Å². The highest BCUT2D eigenvalue weighted by Crippen LogP contribution is 2.43. The minimum absolute atomic E-state index is 0.0625. The van der Waals surface area contributed by atoms with Crippen LogP contribution in [0, 0.1) is 10.1 Å². The fraction of sp³-hybridized carbons (Fsp3) is 0.262. The number of nitrogens with one attached hydrogen (secondary N) is 2. The molecule has 1 aliphatic rings. The standard InChI is InChI=1S/C42H45ClN6O5S2/c1-46(2)25-13-22-39(55-33-18-10-5-11-19-33)44-37-23-24-38(56(53,54)45-42(50)32-16-8-4-9-17-32)41(40(37)49(51)52)48-28-26-47(27-29-48)30-35-34(20-12-21-36(35)43)31-14-6-3-7-15-31/h3-12,14-21,23-24,39,44H,13,22,25-30H2,1-2H3,(H,45,50)/t39-/m1/s1. The van der Waals surface area contributed by atoms with Crippen molar-refractivity contribution >= 4 is 56.4 Å². The van der Waals surface area contributed by atoms with Crippen LogP contribution in [-0.4, -0.2) is 81.2 Å². The SMILES string of the molecule is CN(C)CCC[C@H](Nc1ccc(S(=O)(=O)NC(=O)c2ccccc2)c(N2CCN(Cc3c(Cl)cccc3-c3ccccc3)CC2)c1[N+](=O)[O-])Sc1ccccc1. The van der Waals surface area contributed by atoms with E-state index in [4.69, 9.17) is 11.6 Å². The molecule has 0 radical (unpaired) electrons. The fourth-order valence-electron chi connectivity index (χ4n) is 6.76. The normalized spacial score (nSPS) is 14.0. The fourth-order valence-corrected chi connectivity index (χ4v) is 9.31. The minimum atomic E-state index is -4.58. The van der Waals surface area contributed by atoms with Crippen LogP contribution in [0.2, 0.25) is 5.02 Å². The summed E-state index contributed by atoms with van der Waals surface area (Å²) in [5.74, 6) is -0.833. The summed E-state index contributed by atoms with van der Waals surface area (Å²) in [5.41, 5.74) is 2.95. The van der Waals surface area contributed by atoms with E-state index in [1.807, 2.05) is 93.0 Å². The van der Waals surface area contributed by atoms with E-state index in [9.17, 15) is 23.3 Å². The summed E-state index contributed by atoms with van der Waals surface area (Å²) in [7, 11) is -0.588. The summed E-state index contributed by atoms with van der Waals surface area (Å²) in [6, 6.07) is 36.4. The van der Waals surface area contributed by atoms with E-state index in [-0.39, 0.29) is 46.0 Å². The van der Waals surface area contributed by atoms with E-state index in [1.165, 1.54) is 24.3 Å². The number of thioether (sulfide) groups is 1.